The van der Waals surface area contributed by atoms with Crippen LogP contribution < -0.4 is 10.5 Å². The fourth-order valence-corrected chi connectivity index (χ4v) is 3.76. The molecule has 29 heavy (non-hydrogen) atoms. The van der Waals surface area contributed by atoms with Crippen LogP contribution >= 0.6 is 0 Å². The van der Waals surface area contributed by atoms with E-state index in [2.05, 4.69) is 4.98 Å². The minimum atomic E-state index is -0.534. The van der Waals surface area contributed by atoms with Crippen LogP contribution in [0.25, 0.3) is 11.1 Å². The van der Waals surface area contributed by atoms with E-state index in [1.807, 2.05) is 29.2 Å². The van der Waals surface area contributed by atoms with Crippen LogP contribution in [0.15, 0.2) is 51.7 Å². The summed E-state index contributed by atoms with van der Waals surface area (Å²) in [5.74, 6) is 0.184. The number of likely N-dealkylation sites (tertiary alicyclic amines) is 1. The summed E-state index contributed by atoms with van der Waals surface area (Å²) < 4.78 is 10.2. The number of carbonyl (C=O) groups is 2. The fourth-order valence-electron chi connectivity index (χ4n) is 3.76. The number of ketones is 1. The van der Waals surface area contributed by atoms with Crippen LogP contribution in [0.5, 0.6) is 5.75 Å². The summed E-state index contributed by atoms with van der Waals surface area (Å²) in [6, 6.07) is 12.5. The number of aromatic nitrogens is 1. The Labute approximate surface area is 167 Å². The van der Waals surface area contributed by atoms with Crippen LogP contribution in [0.3, 0.4) is 0 Å². The molecule has 7 heteroatoms. The highest BCUT2D eigenvalue weighted by Crippen LogP contribution is 2.24. The Bertz CT molecular complexity index is 1090. The second kappa shape index (κ2) is 7.95. The van der Waals surface area contributed by atoms with Gasteiger partial charge >= 0.3 is 5.76 Å². The van der Waals surface area contributed by atoms with Crippen molar-refractivity contribution in [2.24, 2.45) is 5.92 Å². The van der Waals surface area contributed by atoms with Gasteiger partial charge in [0.25, 0.3) is 0 Å². The summed E-state index contributed by atoms with van der Waals surface area (Å²) in [4.78, 5) is 41.1. The van der Waals surface area contributed by atoms with Crippen molar-refractivity contribution in [2.75, 3.05) is 20.2 Å². The Morgan fingerprint density at radius 1 is 1.14 bits per heavy atom. The standard InChI is InChI=1S/C22H22N2O5/c1-28-17-5-2-14(3-6-17)12-20(25)24-10-8-15(9-11-24)21(26)16-4-7-18-19(13-16)29-22(27)23-18/h2-7,13,15H,8-12H2,1H3,(H,23,27). The first-order chi connectivity index (χ1) is 14.0. The molecule has 1 aromatic heterocycles. The molecule has 1 aliphatic heterocycles. The van der Waals surface area contributed by atoms with Gasteiger partial charge in [-0.3, -0.25) is 14.6 Å². The summed E-state index contributed by atoms with van der Waals surface area (Å²) in [6.07, 6.45) is 1.59. The van der Waals surface area contributed by atoms with Gasteiger partial charge in [0.2, 0.25) is 5.91 Å². The number of amides is 1. The molecule has 1 saturated heterocycles. The number of piperidine rings is 1. The van der Waals surface area contributed by atoms with Crippen molar-refractivity contribution in [2.45, 2.75) is 19.3 Å². The predicted octanol–water partition coefficient (Wildman–Crippen LogP) is 2.79. The summed E-state index contributed by atoms with van der Waals surface area (Å²) in [5, 5.41) is 0. The first kappa shape index (κ1) is 19.0. The number of benzene rings is 2. The summed E-state index contributed by atoms with van der Waals surface area (Å²) >= 11 is 0. The number of hydrogen-bond donors (Lipinski definition) is 1. The zero-order valence-electron chi connectivity index (χ0n) is 16.1. The minimum Gasteiger partial charge on any atom is -0.497 e. The number of nitrogens with zero attached hydrogens (tertiary/aromatic N) is 1. The molecule has 1 amide bonds. The van der Waals surface area contributed by atoms with Crippen LogP contribution in [0.2, 0.25) is 0 Å². The van der Waals surface area contributed by atoms with E-state index in [0.29, 0.717) is 49.0 Å². The number of aromatic amines is 1. The molecule has 4 rings (SSSR count). The van der Waals surface area contributed by atoms with E-state index >= 15 is 0 Å². The van der Waals surface area contributed by atoms with E-state index in [0.717, 1.165) is 11.3 Å². The number of fused-ring (bicyclic) bond motifs is 1. The fraction of sp³-hybridized carbons (Fsp3) is 0.318. The molecule has 0 aliphatic carbocycles. The first-order valence-corrected chi connectivity index (χ1v) is 9.61. The van der Waals surface area contributed by atoms with Gasteiger partial charge in [0.1, 0.15) is 5.75 Å². The Kier molecular flexibility index (Phi) is 5.20. The normalized spacial score (nSPS) is 14.9. The summed E-state index contributed by atoms with van der Waals surface area (Å²) in [7, 11) is 1.61. The van der Waals surface area contributed by atoms with Crippen LogP contribution in [0.1, 0.15) is 28.8 Å². The molecule has 0 unspecified atom stereocenters. The van der Waals surface area contributed by atoms with Gasteiger partial charge in [-0.2, -0.15) is 0 Å². The van der Waals surface area contributed by atoms with Gasteiger partial charge in [0.15, 0.2) is 11.4 Å². The zero-order chi connectivity index (χ0) is 20.4. The second-order valence-corrected chi connectivity index (χ2v) is 7.27. The van der Waals surface area contributed by atoms with Crippen molar-refractivity contribution >= 4 is 22.8 Å². The van der Waals surface area contributed by atoms with Crippen molar-refractivity contribution in [1.82, 2.24) is 9.88 Å². The lowest BCUT2D eigenvalue weighted by molar-refractivity contribution is -0.131. The molecular weight excluding hydrogens is 372 g/mol. The molecule has 0 saturated carbocycles. The lowest BCUT2D eigenvalue weighted by atomic mass is 9.88. The highest BCUT2D eigenvalue weighted by Gasteiger charge is 2.28. The number of methoxy groups -OCH3 is 1. The molecule has 2 aromatic carbocycles. The Hall–Kier alpha value is -3.35. The minimum absolute atomic E-state index is 0.0259. The Balaban J connectivity index is 1.35. The van der Waals surface area contributed by atoms with E-state index in [1.54, 1.807) is 25.3 Å². The number of carbonyl (C=O) groups excluding carboxylic acids is 2. The third-order valence-electron chi connectivity index (χ3n) is 5.44. The van der Waals surface area contributed by atoms with E-state index in [1.165, 1.54) is 0 Å². The average molecular weight is 394 g/mol. The van der Waals surface area contributed by atoms with Gasteiger partial charge < -0.3 is 14.1 Å². The van der Waals surface area contributed by atoms with Crippen molar-refractivity contribution in [3.8, 4) is 5.75 Å². The topological polar surface area (TPSA) is 92.6 Å². The quantitative estimate of drug-likeness (QED) is 0.672. The molecule has 150 valence electrons. The third kappa shape index (κ3) is 4.08. The van der Waals surface area contributed by atoms with Crippen LogP contribution in [-0.2, 0) is 11.2 Å². The van der Waals surface area contributed by atoms with E-state index in [9.17, 15) is 14.4 Å². The van der Waals surface area contributed by atoms with Gasteiger partial charge in [-0.05, 0) is 48.7 Å². The SMILES string of the molecule is COc1ccc(CC(=O)N2CCC(C(=O)c3ccc4[nH]c(=O)oc4c3)CC2)cc1. The highest BCUT2D eigenvalue weighted by molar-refractivity contribution is 6.00. The number of oxazole rings is 1. The molecule has 3 aromatic rings. The molecule has 1 N–H and O–H groups in total. The summed E-state index contributed by atoms with van der Waals surface area (Å²) in [5.41, 5.74) is 2.43. The van der Waals surface area contributed by atoms with Crippen molar-refractivity contribution < 1.29 is 18.7 Å². The average Bonchev–Trinajstić information content (AvgIpc) is 3.13. The first-order valence-electron chi connectivity index (χ1n) is 9.61. The largest absolute Gasteiger partial charge is 0.497 e. The number of rotatable bonds is 5. The van der Waals surface area contributed by atoms with Crippen LogP contribution in [0.4, 0.5) is 0 Å². The molecule has 7 nitrogen and oxygen atoms in total. The zero-order valence-corrected chi connectivity index (χ0v) is 16.1. The number of ether oxygens (including phenoxy) is 1. The monoisotopic (exact) mass is 394 g/mol. The van der Waals surface area contributed by atoms with Gasteiger partial charge in [0.05, 0.1) is 19.0 Å². The highest BCUT2D eigenvalue weighted by atomic mass is 16.5. The molecule has 0 bridgehead atoms. The lowest BCUT2D eigenvalue weighted by Gasteiger charge is -2.31. The van der Waals surface area contributed by atoms with Crippen molar-refractivity contribution in [3.63, 3.8) is 0 Å². The third-order valence-corrected chi connectivity index (χ3v) is 5.44. The smallest absolute Gasteiger partial charge is 0.417 e. The Morgan fingerprint density at radius 3 is 2.55 bits per heavy atom. The van der Waals surface area contributed by atoms with Crippen LogP contribution in [-0.4, -0.2) is 41.8 Å². The Morgan fingerprint density at radius 2 is 1.86 bits per heavy atom. The maximum absolute atomic E-state index is 12.8. The van der Waals surface area contributed by atoms with Gasteiger partial charge in [-0.1, -0.05) is 12.1 Å². The molecule has 0 spiro atoms. The number of nitrogens with one attached hydrogen (secondary N) is 1. The van der Waals surface area contributed by atoms with E-state index in [4.69, 9.17) is 9.15 Å². The van der Waals surface area contributed by atoms with E-state index < -0.39 is 5.76 Å². The van der Waals surface area contributed by atoms with Crippen molar-refractivity contribution in [1.29, 1.82) is 0 Å². The number of H-pyrrole nitrogens is 1. The number of Topliss-reactive ketones (excluding diaryl/α,β-unsaturated/α-hetero) is 1. The predicted molar refractivity (Wildman–Crippen MR) is 107 cm³/mol. The summed E-state index contributed by atoms with van der Waals surface area (Å²) in [6.45, 7) is 1.12. The number of hydrogen-bond acceptors (Lipinski definition) is 5. The van der Waals surface area contributed by atoms with Gasteiger partial charge in [0, 0.05) is 24.6 Å². The van der Waals surface area contributed by atoms with Crippen molar-refractivity contribution in [3.05, 3.63) is 64.1 Å². The molecule has 2 heterocycles. The van der Waals surface area contributed by atoms with E-state index in [-0.39, 0.29) is 17.6 Å². The molecule has 0 atom stereocenters. The van der Waals surface area contributed by atoms with Gasteiger partial charge in [-0.25, -0.2) is 4.79 Å². The maximum Gasteiger partial charge on any atom is 0.417 e. The molecule has 0 radical (unpaired) electrons. The second-order valence-electron chi connectivity index (χ2n) is 7.27. The van der Waals surface area contributed by atoms with Gasteiger partial charge in [-0.15, -0.1) is 0 Å². The molecule has 1 aliphatic rings. The lowest BCUT2D eigenvalue weighted by Crippen LogP contribution is -2.41. The van der Waals surface area contributed by atoms with Crippen LogP contribution in [0, 0.1) is 5.92 Å². The molecule has 1 fully saturated rings. The maximum atomic E-state index is 12.8. The molecular formula is C22H22N2O5.